The first-order valence-electron chi connectivity index (χ1n) is 6.29. The van der Waals surface area contributed by atoms with Crippen molar-refractivity contribution < 1.29 is 0 Å². The minimum absolute atomic E-state index is 1.26. The van der Waals surface area contributed by atoms with Crippen molar-refractivity contribution in [2.75, 3.05) is 0 Å². The van der Waals surface area contributed by atoms with Gasteiger partial charge in [0.25, 0.3) is 0 Å². The van der Waals surface area contributed by atoms with Crippen LogP contribution in [0.15, 0.2) is 18.2 Å². The molecule has 1 aromatic carbocycles. The molecule has 15 heavy (non-hydrogen) atoms. The van der Waals surface area contributed by atoms with Gasteiger partial charge in [-0.1, -0.05) is 61.9 Å². The van der Waals surface area contributed by atoms with Gasteiger partial charge in [0.15, 0.2) is 0 Å². The lowest BCUT2D eigenvalue weighted by Gasteiger charge is -2.04. The fourth-order valence-electron chi connectivity index (χ4n) is 2.15. The van der Waals surface area contributed by atoms with E-state index in [2.05, 4.69) is 39.0 Å². The van der Waals surface area contributed by atoms with Crippen molar-refractivity contribution in [2.45, 2.75) is 59.3 Å². The van der Waals surface area contributed by atoms with Crippen molar-refractivity contribution in [3.05, 3.63) is 34.9 Å². The summed E-state index contributed by atoms with van der Waals surface area (Å²) in [5, 5.41) is 0. The fraction of sp³-hybridized carbons (Fsp3) is 0.600. The van der Waals surface area contributed by atoms with Gasteiger partial charge in [0.2, 0.25) is 0 Å². The quantitative estimate of drug-likeness (QED) is 0.583. The summed E-state index contributed by atoms with van der Waals surface area (Å²) in [4.78, 5) is 0. The van der Waals surface area contributed by atoms with Gasteiger partial charge in [-0.05, 0) is 32.3 Å². The maximum Gasteiger partial charge on any atom is -0.0279 e. The van der Waals surface area contributed by atoms with E-state index in [9.17, 15) is 0 Å². The molecule has 0 atom stereocenters. The number of aryl methyl sites for hydroxylation is 3. The molecule has 0 saturated heterocycles. The fourth-order valence-corrected chi connectivity index (χ4v) is 2.15. The number of unbranched alkanes of at least 4 members (excludes halogenated alkanes) is 4. The first-order valence-corrected chi connectivity index (χ1v) is 6.29. The minimum atomic E-state index is 1.26. The van der Waals surface area contributed by atoms with Crippen molar-refractivity contribution >= 4 is 0 Å². The zero-order valence-corrected chi connectivity index (χ0v) is 10.5. The van der Waals surface area contributed by atoms with E-state index in [1.807, 2.05) is 0 Å². The summed E-state index contributed by atoms with van der Waals surface area (Å²) in [5.41, 5.74) is 4.32. The van der Waals surface area contributed by atoms with Crippen LogP contribution in [0.25, 0.3) is 0 Å². The van der Waals surface area contributed by atoms with Crippen LogP contribution in [0.1, 0.15) is 55.7 Å². The van der Waals surface area contributed by atoms with Gasteiger partial charge in [-0.3, -0.25) is 0 Å². The molecule has 0 unspecified atom stereocenters. The topological polar surface area (TPSA) is 0 Å². The molecule has 0 amide bonds. The maximum absolute atomic E-state index is 2.33. The molecular formula is C15H24. The third-order valence-corrected chi connectivity index (χ3v) is 2.85. The Balaban J connectivity index is 2.31. The Morgan fingerprint density at radius 3 is 2.00 bits per heavy atom. The van der Waals surface area contributed by atoms with Crippen LogP contribution in [0.4, 0.5) is 0 Å². The van der Waals surface area contributed by atoms with Gasteiger partial charge < -0.3 is 0 Å². The molecule has 0 aliphatic carbocycles. The highest BCUT2D eigenvalue weighted by atomic mass is 14.0. The molecule has 1 aromatic rings. The third-order valence-electron chi connectivity index (χ3n) is 2.85. The first-order chi connectivity index (χ1) is 7.22. The lowest BCUT2D eigenvalue weighted by atomic mass is 10.0. The molecular weight excluding hydrogens is 180 g/mol. The van der Waals surface area contributed by atoms with Crippen LogP contribution in [0.2, 0.25) is 0 Å². The maximum atomic E-state index is 2.33. The highest BCUT2D eigenvalue weighted by molar-refractivity contribution is 5.28. The smallest absolute Gasteiger partial charge is 0.0279 e. The largest absolute Gasteiger partial charge is 0.0654 e. The number of hydrogen-bond acceptors (Lipinski definition) is 0. The van der Waals surface area contributed by atoms with Gasteiger partial charge in [0.1, 0.15) is 0 Å². The Labute approximate surface area is 94.7 Å². The lowest BCUT2D eigenvalue weighted by Crippen LogP contribution is -1.88. The minimum Gasteiger partial charge on any atom is -0.0654 e. The van der Waals surface area contributed by atoms with Gasteiger partial charge in [0, 0.05) is 0 Å². The van der Waals surface area contributed by atoms with Crippen LogP contribution in [0.5, 0.6) is 0 Å². The molecule has 0 N–H and O–H groups in total. The van der Waals surface area contributed by atoms with E-state index in [1.54, 1.807) is 0 Å². The highest BCUT2D eigenvalue weighted by Crippen LogP contribution is 2.13. The van der Waals surface area contributed by atoms with Crippen LogP contribution < -0.4 is 0 Å². The van der Waals surface area contributed by atoms with E-state index in [0.29, 0.717) is 0 Å². The zero-order chi connectivity index (χ0) is 11.1. The van der Waals surface area contributed by atoms with Crippen LogP contribution in [0.3, 0.4) is 0 Å². The first kappa shape index (κ1) is 12.3. The summed E-state index contributed by atoms with van der Waals surface area (Å²) < 4.78 is 0. The molecule has 0 spiro atoms. The van der Waals surface area contributed by atoms with Crippen LogP contribution >= 0.6 is 0 Å². The molecule has 0 fully saturated rings. The van der Waals surface area contributed by atoms with Gasteiger partial charge >= 0.3 is 0 Å². The summed E-state index contributed by atoms with van der Waals surface area (Å²) in [6.07, 6.45) is 8.13. The van der Waals surface area contributed by atoms with Crippen molar-refractivity contribution in [2.24, 2.45) is 0 Å². The van der Waals surface area contributed by atoms with Crippen molar-refractivity contribution in [1.29, 1.82) is 0 Å². The normalized spacial score (nSPS) is 10.6. The van der Waals surface area contributed by atoms with E-state index in [-0.39, 0.29) is 0 Å². The molecule has 0 bridgehead atoms. The predicted molar refractivity (Wildman–Crippen MR) is 68.4 cm³/mol. The van der Waals surface area contributed by atoms with Crippen LogP contribution in [-0.4, -0.2) is 0 Å². The van der Waals surface area contributed by atoms with Crippen LogP contribution in [0, 0.1) is 13.8 Å². The molecule has 0 heteroatoms. The van der Waals surface area contributed by atoms with Crippen LogP contribution in [-0.2, 0) is 6.42 Å². The van der Waals surface area contributed by atoms with Crippen molar-refractivity contribution in [3.63, 3.8) is 0 Å². The Bertz CT molecular complexity index is 266. The average molecular weight is 204 g/mol. The highest BCUT2D eigenvalue weighted by Gasteiger charge is 1.96. The third kappa shape index (κ3) is 5.01. The molecule has 0 saturated carbocycles. The number of rotatable bonds is 6. The SMILES string of the molecule is CCCCCCCc1cc(C)cc(C)c1. The Morgan fingerprint density at radius 2 is 1.40 bits per heavy atom. The molecule has 0 aliphatic rings. The molecule has 84 valence electrons. The molecule has 0 aromatic heterocycles. The van der Waals surface area contributed by atoms with Gasteiger partial charge in [0.05, 0.1) is 0 Å². The second-order valence-corrected chi connectivity index (χ2v) is 4.66. The molecule has 0 nitrogen and oxygen atoms in total. The van der Waals surface area contributed by atoms with Gasteiger partial charge in [-0.2, -0.15) is 0 Å². The lowest BCUT2D eigenvalue weighted by molar-refractivity contribution is 0.632. The Hall–Kier alpha value is -0.780. The van der Waals surface area contributed by atoms with Gasteiger partial charge in [-0.25, -0.2) is 0 Å². The van der Waals surface area contributed by atoms with E-state index >= 15 is 0 Å². The monoisotopic (exact) mass is 204 g/mol. The number of hydrogen-bond donors (Lipinski definition) is 0. The molecule has 0 heterocycles. The summed E-state index contributed by atoms with van der Waals surface area (Å²) in [5.74, 6) is 0. The average Bonchev–Trinajstić information content (AvgIpc) is 2.16. The van der Waals surface area contributed by atoms with E-state index < -0.39 is 0 Å². The second-order valence-electron chi connectivity index (χ2n) is 4.66. The number of benzene rings is 1. The summed E-state index contributed by atoms with van der Waals surface area (Å²) in [6, 6.07) is 6.90. The summed E-state index contributed by atoms with van der Waals surface area (Å²) >= 11 is 0. The predicted octanol–water partition coefficient (Wildman–Crippen LogP) is 4.82. The Morgan fingerprint density at radius 1 is 0.800 bits per heavy atom. The molecule has 0 radical (unpaired) electrons. The zero-order valence-electron chi connectivity index (χ0n) is 10.5. The summed E-state index contributed by atoms with van der Waals surface area (Å²) in [7, 11) is 0. The van der Waals surface area contributed by atoms with Crippen molar-refractivity contribution in [1.82, 2.24) is 0 Å². The van der Waals surface area contributed by atoms with Gasteiger partial charge in [-0.15, -0.1) is 0 Å². The molecule has 0 aliphatic heterocycles. The van der Waals surface area contributed by atoms with E-state index in [0.717, 1.165) is 0 Å². The standard InChI is InChI=1S/C15H24/c1-4-5-6-7-8-9-15-11-13(2)10-14(3)12-15/h10-12H,4-9H2,1-3H3. The summed E-state index contributed by atoms with van der Waals surface area (Å²) in [6.45, 7) is 6.64. The van der Waals surface area contributed by atoms with Crippen molar-refractivity contribution in [3.8, 4) is 0 Å². The Kier molecular flexibility index (Phi) is 5.45. The second kappa shape index (κ2) is 6.66. The van der Waals surface area contributed by atoms with E-state index in [1.165, 1.54) is 55.2 Å². The molecule has 1 rings (SSSR count). The van der Waals surface area contributed by atoms with E-state index in [4.69, 9.17) is 0 Å².